The Morgan fingerprint density at radius 2 is 1.77 bits per heavy atom. The summed E-state index contributed by atoms with van der Waals surface area (Å²) in [6, 6.07) is 9.33. The summed E-state index contributed by atoms with van der Waals surface area (Å²) in [5, 5.41) is 2.66. The Labute approximate surface area is 153 Å². The Kier molecular flexibility index (Phi) is 6.26. The van der Waals surface area contributed by atoms with Gasteiger partial charge in [-0.25, -0.2) is 0 Å². The molecular weight excluding hydrogens is 334 g/mol. The van der Waals surface area contributed by atoms with Gasteiger partial charge < -0.3 is 14.8 Å². The summed E-state index contributed by atoms with van der Waals surface area (Å²) in [7, 11) is 0. The van der Waals surface area contributed by atoms with Crippen molar-refractivity contribution in [2.75, 3.05) is 19.8 Å². The van der Waals surface area contributed by atoms with Crippen LogP contribution in [-0.4, -0.2) is 37.4 Å². The van der Waals surface area contributed by atoms with Crippen LogP contribution >= 0.6 is 0 Å². The molecule has 0 heterocycles. The number of fused-ring (bicyclic) bond motifs is 2. The number of para-hydroxylation sites is 1. The molecule has 6 nitrogen and oxygen atoms in total. The fourth-order valence-electron chi connectivity index (χ4n) is 3.85. The average molecular weight is 359 g/mol. The monoisotopic (exact) mass is 359 g/mol. The van der Waals surface area contributed by atoms with Gasteiger partial charge >= 0.3 is 5.97 Å². The lowest BCUT2D eigenvalue weighted by Crippen LogP contribution is -2.40. The summed E-state index contributed by atoms with van der Waals surface area (Å²) in [5.74, 6) is 0.111. The van der Waals surface area contributed by atoms with Gasteiger partial charge in [0, 0.05) is 11.8 Å². The van der Waals surface area contributed by atoms with Crippen molar-refractivity contribution in [3.63, 3.8) is 0 Å². The second-order valence-electron chi connectivity index (χ2n) is 7.01. The van der Waals surface area contributed by atoms with Gasteiger partial charge in [0.15, 0.2) is 6.61 Å². The minimum Gasteiger partial charge on any atom is -0.492 e. The molecule has 2 fully saturated rings. The zero-order valence-electron chi connectivity index (χ0n) is 14.8. The number of hydrogen-bond donors (Lipinski definition) is 1. The normalized spacial score (nSPS) is 24.6. The Hall–Kier alpha value is -2.37. The van der Waals surface area contributed by atoms with Gasteiger partial charge in [-0.05, 0) is 37.8 Å². The first-order valence-corrected chi connectivity index (χ1v) is 9.28. The molecule has 2 saturated carbocycles. The van der Waals surface area contributed by atoms with E-state index >= 15 is 0 Å². The summed E-state index contributed by atoms with van der Waals surface area (Å²) in [6.07, 6.45) is 3.96. The molecule has 6 heteroatoms. The van der Waals surface area contributed by atoms with Crippen molar-refractivity contribution in [1.29, 1.82) is 0 Å². The van der Waals surface area contributed by atoms with Crippen LogP contribution in [0.15, 0.2) is 30.3 Å². The molecule has 0 radical (unpaired) electrons. The lowest BCUT2D eigenvalue weighted by atomic mass is 9.67. The quantitative estimate of drug-likeness (QED) is 0.596. The molecule has 26 heavy (non-hydrogen) atoms. The molecule has 0 saturated heterocycles. The number of hydrogen-bond acceptors (Lipinski definition) is 5. The number of ketones is 1. The average Bonchev–Trinajstić information content (AvgIpc) is 2.64. The molecule has 2 bridgehead atoms. The third-order valence-corrected chi connectivity index (χ3v) is 5.16. The fourth-order valence-corrected chi connectivity index (χ4v) is 3.85. The first kappa shape index (κ1) is 18.4. The maximum Gasteiger partial charge on any atom is 0.309 e. The summed E-state index contributed by atoms with van der Waals surface area (Å²) < 4.78 is 10.6. The Bertz CT molecular complexity index is 629. The maximum atomic E-state index is 12.2. The van der Waals surface area contributed by atoms with E-state index in [9.17, 15) is 14.4 Å². The van der Waals surface area contributed by atoms with Crippen molar-refractivity contribution in [2.24, 2.45) is 17.8 Å². The number of rotatable bonds is 7. The standard InChI is InChI=1S/C20H25NO5/c22-18(21-9-10-25-17-7-2-1-3-8-17)13-26-20(24)16-11-14-5-4-6-15(12-16)19(14)23/h1-3,7-8,14-16H,4-6,9-13H2,(H,21,22)/t14-,15-/m1/s1. The Balaban J connectivity index is 1.32. The van der Waals surface area contributed by atoms with Gasteiger partial charge in [-0.2, -0.15) is 0 Å². The molecule has 2 aliphatic carbocycles. The summed E-state index contributed by atoms with van der Waals surface area (Å²) in [4.78, 5) is 36.1. The number of benzene rings is 1. The number of carbonyl (C=O) groups excluding carboxylic acids is 3. The van der Waals surface area contributed by atoms with Crippen molar-refractivity contribution < 1.29 is 23.9 Å². The number of nitrogens with one attached hydrogen (secondary N) is 1. The molecule has 0 aromatic heterocycles. The highest BCUT2D eigenvalue weighted by Gasteiger charge is 2.41. The van der Waals surface area contributed by atoms with E-state index < -0.39 is 0 Å². The van der Waals surface area contributed by atoms with E-state index in [1.165, 1.54) is 0 Å². The molecule has 1 N–H and O–H groups in total. The number of carbonyl (C=O) groups is 3. The van der Waals surface area contributed by atoms with Gasteiger partial charge in [0.1, 0.15) is 18.1 Å². The molecule has 0 aliphatic heterocycles. The highest BCUT2D eigenvalue weighted by molar-refractivity contribution is 5.87. The van der Waals surface area contributed by atoms with Crippen molar-refractivity contribution in [1.82, 2.24) is 5.32 Å². The Morgan fingerprint density at radius 1 is 1.08 bits per heavy atom. The predicted molar refractivity (Wildman–Crippen MR) is 94.5 cm³/mol. The van der Waals surface area contributed by atoms with Crippen molar-refractivity contribution >= 4 is 17.7 Å². The number of Topliss-reactive ketones (excluding diaryl/α,β-unsaturated/α-hetero) is 1. The van der Waals surface area contributed by atoms with E-state index in [0.29, 0.717) is 31.8 Å². The highest BCUT2D eigenvalue weighted by Crippen LogP contribution is 2.40. The van der Waals surface area contributed by atoms with E-state index in [1.807, 2.05) is 30.3 Å². The van der Waals surface area contributed by atoms with Crippen molar-refractivity contribution in [2.45, 2.75) is 32.1 Å². The summed E-state index contributed by atoms with van der Waals surface area (Å²) in [5.41, 5.74) is 0. The molecule has 3 rings (SSSR count). The number of ether oxygens (including phenoxy) is 2. The number of esters is 1. The van der Waals surface area contributed by atoms with Crippen LogP contribution in [0.4, 0.5) is 0 Å². The molecule has 0 spiro atoms. The molecule has 1 aromatic carbocycles. The van der Waals surface area contributed by atoms with E-state index in [-0.39, 0.29) is 36.2 Å². The predicted octanol–water partition coefficient (Wildman–Crippen LogP) is 2.12. The minimum absolute atomic E-state index is 0.00371. The fraction of sp³-hybridized carbons (Fsp3) is 0.550. The second kappa shape index (κ2) is 8.83. The van der Waals surface area contributed by atoms with Crippen LogP contribution in [-0.2, 0) is 19.1 Å². The van der Waals surface area contributed by atoms with Crippen LogP contribution < -0.4 is 10.1 Å². The molecule has 2 aliphatic rings. The summed E-state index contributed by atoms with van der Waals surface area (Å²) >= 11 is 0. The lowest BCUT2D eigenvalue weighted by molar-refractivity contribution is -0.156. The van der Waals surface area contributed by atoms with Gasteiger partial charge in [-0.15, -0.1) is 0 Å². The molecule has 140 valence electrons. The Morgan fingerprint density at radius 3 is 2.46 bits per heavy atom. The topological polar surface area (TPSA) is 81.7 Å². The van der Waals surface area contributed by atoms with Crippen molar-refractivity contribution in [3.05, 3.63) is 30.3 Å². The third-order valence-electron chi connectivity index (χ3n) is 5.16. The zero-order valence-corrected chi connectivity index (χ0v) is 14.8. The van der Waals surface area contributed by atoms with E-state index in [4.69, 9.17) is 9.47 Å². The smallest absolute Gasteiger partial charge is 0.309 e. The van der Waals surface area contributed by atoms with Crippen molar-refractivity contribution in [3.8, 4) is 5.75 Å². The summed E-state index contributed by atoms with van der Waals surface area (Å²) in [6.45, 7) is 0.398. The van der Waals surface area contributed by atoms with Crippen LogP contribution in [0.1, 0.15) is 32.1 Å². The SMILES string of the molecule is O=C(COC(=O)C1C[C@H]2CCC[C@H](C1)C2=O)NCCOc1ccccc1. The minimum atomic E-state index is -0.356. The third kappa shape index (κ3) is 4.84. The first-order valence-electron chi connectivity index (χ1n) is 9.28. The zero-order chi connectivity index (χ0) is 18.4. The molecule has 1 aromatic rings. The molecule has 0 unspecified atom stereocenters. The molecular formula is C20H25NO5. The van der Waals surface area contributed by atoms with E-state index in [2.05, 4.69) is 5.32 Å². The molecule has 2 atom stereocenters. The van der Waals surface area contributed by atoms with E-state index in [0.717, 1.165) is 25.0 Å². The first-order chi connectivity index (χ1) is 12.6. The highest BCUT2D eigenvalue weighted by atomic mass is 16.5. The molecule has 1 amide bonds. The van der Waals surface area contributed by atoms with Crippen LogP contribution in [0.5, 0.6) is 5.75 Å². The largest absolute Gasteiger partial charge is 0.492 e. The van der Waals surface area contributed by atoms with Gasteiger partial charge in [-0.3, -0.25) is 14.4 Å². The lowest BCUT2D eigenvalue weighted by Gasteiger charge is -2.36. The number of amides is 1. The van der Waals surface area contributed by atoms with Gasteiger partial charge in [0.2, 0.25) is 0 Å². The van der Waals surface area contributed by atoms with Gasteiger partial charge in [-0.1, -0.05) is 24.6 Å². The van der Waals surface area contributed by atoms with Crippen LogP contribution in [0.2, 0.25) is 0 Å². The van der Waals surface area contributed by atoms with Crippen LogP contribution in [0.25, 0.3) is 0 Å². The van der Waals surface area contributed by atoms with Gasteiger partial charge in [0.05, 0.1) is 12.5 Å². The van der Waals surface area contributed by atoms with Crippen LogP contribution in [0.3, 0.4) is 0 Å². The van der Waals surface area contributed by atoms with Crippen LogP contribution in [0, 0.1) is 17.8 Å². The van der Waals surface area contributed by atoms with E-state index in [1.54, 1.807) is 0 Å². The second-order valence-corrected chi connectivity index (χ2v) is 7.01. The van der Waals surface area contributed by atoms with Gasteiger partial charge in [0.25, 0.3) is 5.91 Å². The maximum absolute atomic E-state index is 12.2.